The normalized spacial score (nSPS) is 17.3. The molecule has 0 aliphatic carbocycles. The van der Waals surface area contributed by atoms with Gasteiger partial charge < -0.3 is 19.3 Å². The molecule has 1 heterocycles. The number of aliphatic hydroxyl groups is 1. The molecular weight excluding hydrogens is 188 g/mol. The maximum atomic E-state index is 11.0. The molecule has 0 unspecified atom stereocenters. The van der Waals surface area contributed by atoms with Crippen LogP contribution in [0.4, 0.5) is 0 Å². The predicted molar refractivity (Wildman–Crippen MR) is 47.0 cm³/mol. The van der Waals surface area contributed by atoms with Crippen molar-refractivity contribution in [3.05, 3.63) is 12.5 Å². The van der Waals surface area contributed by atoms with E-state index in [0.717, 1.165) is 0 Å². The second-order valence-corrected chi connectivity index (χ2v) is 3.09. The fourth-order valence-electron chi connectivity index (χ4n) is 1.05. The zero-order valence-electron chi connectivity index (χ0n) is 8.06. The third-order valence-electron chi connectivity index (χ3n) is 1.83. The Morgan fingerprint density at radius 2 is 2.14 bits per heavy atom. The van der Waals surface area contributed by atoms with Gasteiger partial charge in [0.15, 0.2) is 0 Å². The molecule has 0 saturated carbocycles. The first-order chi connectivity index (χ1) is 6.66. The zero-order chi connectivity index (χ0) is 10.4. The van der Waals surface area contributed by atoms with Crippen LogP contribution in [0.2, 0.25) is 0 Å². The monoisotopic (exact) mass is 202 g/mol. The molecule has 1 aliphatic heterocycles. The Balaban J connectivity index is 2.16. The van der Waals surface area contributed by atoms with E-state index in [1.54, 1.807) is 6.92 Å². The van der Waals surface area contributed by atoms with Crippen LogP contribution in [0.25, 0.3) is 0 Å². The highest BCUT2D eigenvalue weighted by molar-refractivity contribution is 5.69. The standard InChI is InChI=1S/C9H14O5/c1-9(13-6-7-14-9)3-2-8(11)12-5-4-10/h6-7,10H,2-5H2,1H3. The average molecular weight is 202 g/mol. The van der Waals surface area contributed by atoms with E-state index in [0.29, 0.717) is 6.42 Å². The largest absolute Gasteiger partial charge is 0.463 e. The van der Waals surface area contributed by atoms with Gasteiger partial charge in [-0.05, 0) is 0 Å². The summed E-state index contributed by atoms with van der Waals surface area (Å²) in [5.41, 5.74) is 0. The van der Waals surface area contributed by atoms with Crippen molar-refractivity contribution in [3.63, 3.8) is 0 Å². The van der Waals surface area contributed by atoms with Gasteiger partial charge in [-0.15, -0.1) is 0 Å². The Kier molecular flexibility index (Phi) is 3.76. The SMILES string of the molecule is CC1(CCC(=O)OCCO)OC=CO1. The molecule has 0 radical (unpaired) electrons. The van der Waals surface area contributed by atoms with Crippen LogP contribution in [-0.4, -0.2) is 30.1 Å². The highest BCUT2D eigenvalue weighted by Gasteiger charge is 2.30. The van der Waals surface area contributed by atoms with Gasteiger partial charge in [-0.3, -0.25) is 4.79 Å². The molecule has 0 aromatic carbocycles. The molecular formula is C9H14O5. The fourth-order valence-corrected chi connectivity index (χ4v) is 1.05. The van der Waals surface area contributed by atoms with E-state index in [-0.39, 0.29) is 25.6 Å². The van der Waals surface area contributed by atoms with Crippen LogP contribution in [0.15, 0.2) is 12.5 Å². The maximum Gasteiger partial charge on any atom is 0.306 e. The Morgan fingerprint density at radius 3 is 2.71 bits per heavy atom. The predicted octanol–water partition coefficient (Wildman–Crippen LogP) is 0.536. The lowest BCUT2D eigenvalue weighted by molar-refractivity contribution is -0.155. The molecule has 1 N–H and O–H groups in total. The number of hydrogen-bond donors (Lipinski definition) is 1. The number of rotatable bonds is 5. The van der Waals surface area contributed by atoms with Crippen LogP contribution in [-0.2, 0) is 19.0 Å². The van der Waals surface area contributed by atoms with Crippen LogP contribution >= 0.6 is 0 Å². The topological polar surface area (TPSA) is 65.0 Å². The molecule has 80 valence electrons. The van der Waals surface area contributed by atoms with E-state index in [9.17, 15) is 4.79 Å². The molecule has 1 rings (SSSR count). The summed E-state index contributed by atoms with van der Waals surface area (Å²) in [5.74, 6) is -1.11. The summed E-state index contributed by atoms with van der Waals surface area (Å²) < 4.78 is 14.9. The van der Waals surface area contributed by atoms with Crippen LogP contribution in [0.5, 0.6) is 0 Å². The number of aliphatic hydroxyl groups excluding tert-OH is 1. The van der Waals surface area contributed by atoms with E-state index in [4.69, 9.17) is 14.6 Å². The first-order valence-electron chi connectivity index (χ1n) is 4.43. The highest BCUT2D eigenvalue weighted by atomic mass is 16.7. The smallest absolute Gasteiger partial charge is 0.306 e. The lowest BCUT2D eigenvalue weighted by Gasteiger charge is -2.22. The van der Waals surface area contributed by atoms with E-state index in [1.165, 1.54) is 12.5 Å². The molecule has 0 saturated heterocycles. The van der Waals surface area contributed by atoms with Gasteiger partial charge in [-0.25, -0.2) is 0 Å². The number of esters is 1. The Labute approximate surface area is 82.3 Å². The van der Waals surface area contributed by atoms with Gasteiger partial charge in [0.25, 0.3) is 0 Å². The quantitative estimate of drug-likeness (QED) is 0.659. The van der Waals surface area contributed by atoms with Crippen molar-refractivity contribution in [1.29, 1.82) is 0 Å². The van der Waals surface area contributed by atoms with Gasteiger partial charge in [0.1, 0.15) is 19.1 Å². The third kappa shape index (κ3) is 3.26. The third-order valence-corrected chi connectivity index (χ3v) is 1.83. The molecule has 14 heavy (non-hydrogen) atoms. The fraction of sp³-hybridized carbons (Fsp3) is 0.667. The summed E-state index contributed by atoms with van der Waals surface area (Å²) in [6.45, 7) is 1.62. The summed E-state index contributed by atoms with van der Waals surface area (Å²) in [4.78, 5) is 11.0. The summed E-state index contributed by atoms with van der Waals surface area (Å²) in [6, 6.07) is 0. The van der Waals surface area contributed by atoms with Crippen molar-refractivity contribution < 1.29 is 24.1 Å². The molecule has 0 spiro atoms. The van der Waals surface area contributed by atoms with E-state index in [1.807, 2.05) is 0 Å². The van der Waals surface area contributed by atoms with Crippen LogP contribution in [0.1, 0.15) is 19.8 Å². The maximum absolute atomic E-state index is 11.0. The van der Waals surface area contributed by atoms with E-state index in [2.05, 4.69) is 4.74 Å². The van der Waals surface area contributed by atoms with Crippen LogP contribution in [0.3, 0.4) is 0 Å². The van der Waals surface area contributed by atoms with Crippen LogP contribution in [0, 0.1) is 0 Å². The van der Waals surface area contributed by atoms with Crippen molar-refractivity contribution in [2.24, 2.45) is 0 Å². The molecule has 0 amide bonds. The zero-order valence-corrected chi connectivity index (χ0v) is 8.06. The molecule has 0 bridgehead atoms. The molecule has 5 heteroatoms. The van der Waals surface area contributed by atoms with Crippen molar-refractivity contribution in [3.8, 4) is 0 Å². The average Bonchev–Trinajstić information content (AvgIpc) is 2.60. The lowest BCUT2D eigenvalue weighted by atomic mass is 10.2. The van der Waals surface area contributed by atoms with Gasteiger partial charge in [0, 0.05) is 13.3 Å². The molecule has 0 atom stereocenters. The highest BCUT2D eigenvalue weighted by Crippen LogP contribution is 2.24. The molecule has 0 aromatic heterocycles. The van der Waals surface area contributed by atoms with Crippen molar-refractivity contribution in [1.82, 2.24) is 0 Å². The lowest BCUT2D eigenvalue weighted by Crippen LogP contribution is -2.26. The minimum absolute atomic E-state index is 0.0372. The molecule has 0 aromatic rings. The first-order valence-corrected chi connectivity index (χ1v) is 4.43. The Morgan fingerprint density at radius 1 is 1.50 bits per heavy atom. The first kappa shape index (κ1) is 10.8. The number of carbonyl (C=O) groups excluding carboxylic acids is 1. The molecule has 5 nitrogen and oxygen atoms in total. The summed E-state index contributed by atoms with van der Waals surface area (Å²) >= 11 is 0. The van der Waals surface area contributed by atoms with Gasteiger partial charge >= 0.3 is 5.97 Å². The molecule has 1 aliphatic rings. The number of hydrogen-bond acceptors (Lipinski definition) is 5. The van der Waals surface area contributed by atoms with Crippen molar-refractivity contribution in [2.45, 2.75) is 25.6 Å². The molecule has 0 fully saturated rings. The van der Waals surface area contributed by atoms with Crippen LogP contribution < -0.4 is 0 Å². The van der Waals surface area contributed by atoms with E-state index < -0.39 is 5.79 Å². The summed E-state index contributed by atoms with van der Waals surface area (Å²) in [6.07, 6.45) is 3.51. The van der Waals surface area contributed by atoms with Gasteiger partial charge in [0.05, 0.1) is 13.0 Å². The number of carbonyl (C=O) groups is 1. The Bertz CT molecular complexity index is 215. The second-order valence-electron chi connectivity index (χ2n) is 3.09. The second kappa shape index (κ2) is 4.85. The minimum Gasteiger partial charge on any atom is -0.463 e. The Hall–Kier alpha value is -1.23. The summed E-state index contributed by atoms with van der Waals surface area (Å²) in [5, 5.41) is 8.41. The van der Waals surface area contributed by atoms with Crippen molar-refractivity contribution in [2.75, 3.05) is 13.2 Å². The van der Waals surface area contributed by atoms with E-state index >= 15 is 0 Å². The van der Waals surface area contributed by atoms with Crippen molar-refractivity contribution >= 4 is 5.97 Å². The van der Waals surface area contributed by atoms with Gasteiger partial charge in [-0.2, -0.15) is 0 Å². The van der Waals surface area contributed by atoms with Gasteiger partial charge in [-0.1, -0.05) is 0 Å². The van der Waals surface area contributed by atoms with Gasteiger partial charge in [0.2, 0.25) is 5.79 Å². The number of ether oxygens (including phenoxy) is 3. The summed E-state index contributed by atoms with van der Waals surface area (Å²) in [7, 11) is 0. The minimum atomic E-state index is -0.752.